The summed E-state index contributed by atoms with van der Waals surface area (Å²) >= 11 is 0. The van der Waals surface area contributed by atoms with Crippen molar-refractivity contribution in [3.8, 4) is 0 Å². The molecule has 2 aromatic rings. The van der Waals surface area contributed by atoms with E-state index in [2.05, 4.69) is 20.6 Å². The molecule has 1 aliphatic heterocycles. The van der Waals surface area contributed by atoms with Gasteiger partial charge >= 0.3 is 6.18 Å². The lowest BCUT2D eigenvalue weighted by molar-refractivity contribution is -0.142. The number of halogens is 3. The molecule has 1 saturated carbocycles. The fraction of sp³-hybridized carbons (Fsp3) is 0.625. The van der Waals surface area contributed by atoms with E-state index < -0.39 is 24.2 Å². The number of hydrogen-bond acceptors (Lipinski definition) is 6. The normalized spacial score (nSPS) is 19.8. The van der Waals surface area contributed by atoms with Gasteiger partial charge in [-0.3, -0.25) is 9.48 Å². The Balaban J connectivity index is 1.58. The maximum absolute atomic E-state index is 12.7. The molecule has 11 heteroatoms. The number of rotatable bonds is 5. The number of hydrogen-bond donors (Lipinski definition) is 1. The maximum atomic E-state index is 12.7. The molecule has 1 N–H and O–H groups in total. The average Bonchev–Trinajstić information content (AvgIpc) is 3.15. The Bertz CT molecular complexity index is 821. The van der Waals surface area contributed by atoms with Crippen LogP contribution in [0.2, 0.25) is 0 Å². The Labute approximate surface area is 152 Å². The molecule has 8 nitrogen and oxygen atoms in total. The third-order valence-electron chi connectivity index (χ3n) is 4.77. The molecule has 2 aromatic heterocycles. The fourth-order valence-electron chi connectivity index (χ4n) is 3.15. The number of ether oxygens (including phenoxy) is 1. The van der Waals surface area contributed by atoms with Gasteiger partial charge < -0.3 is 14.6 Å². The van der Waals surface area contributed by atoms with Crippen LogP contribution in [0.25, 0.3) is 0 Å². The van der Waals surface area contributed by atoms with Gasteiger partial charge in [-0.1, -0.05) is 5.16 Å². The predicted octanol–water partition coefficient (Wildman–Crippen LogP) is 2.14. The Hall–Kier alpha value is -2.43. The van der Waals surface area contributed by atoms with Gasteiger partial charge in [0.25, 0.3) is 11.8 Å². The summed E-state index contributed by atoms with van der Waals surface area (Å²) in [5.41, 5.74) is -1.15. The lowest BCUT2D eigenvalue weighted by Crippen LogP contribution is -2.50. The van der Waals surface area contributed by atoms with Crippen molar-refractivity contribution in [1.29, 1.82) is 0 Å². The third-order valence-corrected chi connectivity index (χ3v) is 4.77. The van der Waals surface area contributed by atoms with Crippen LogP contribution >= 0.6 is 0 Å². The number of nitrogens with one attached hydrogen (secondary N) is 1. The molecule has 0 spiro atoms. The van der Waals surface area contributed by atoms with Crippen molar-refractivity contribution in [2.45, 2.75) is 49.9 Å². The molecule has 0 atom stereocenters. The van der Waals surface area contributed by atoms with Crippen LogP contribution in [0.3, 0.4) is 0 Å². The number of alkyl halides is 3. The molecule has 0 aromatic carbocycles. The summed E-state index contributed by atoms with van der Waals surface area (Å²) in [6.07, 6.45) is -0.550. The number of amides is 1. The van der Waals surface area contributed by atoms with Gasteiger partial charge in [0.2, 0.25) is 0 Å². The van der Waals surface area contributed by atoms with E-state index in [4.69, 9.17) is 9.26 Å². The molecule has 0 radical (unpaired) electrons. The lowest BCUT2D eigenvalue weighted by atomic mass is 9.89. The molecular weight excluding hydrogens is 367 g/mol. The second kappa shape index (κ2) is 6.63. The lowest BCUT2D eigenvalue weighted by Gasteiger charge is -2.34. The number of nitrogens with zero attached hydrogens (tertiary/aromatic N) is 4. The second-order valence-corrected chi connectivity index (χ2v) is 6.87. The van der Waals surface area contributed by atoms with E-state index in [9.17, 15) is 18.0 Å². The molecule has 1 amide bonds. The topological polar surface area (TPSA) is 95.1 Å². The predicted molar refractivity (Wildman–Crippen MR) is 83.8 cm³/mol. The number of carbonyl (C=O) groups is 1. The fourth-order valence-corrected chi connectivity index (χ4v) is 3.15. The van der Waals surface area contributed by atoms with Crippen molar-refractivity contribution in [2.75, 3.05) is 13.2 Å². The zero-order chi connectivity index (χ0) is 19.1. The third kappa shape index (κ3) is 3.82. The minimum Gasteiger partial charge on any atom is -0.381 e. The van der Waals surface area contributed by atoms with Crippen LogP contribution in [0.1, 0.15) is 53.8 Å². The first-order valence-corrected chi connectivity index (χ1v) is 8.69. The van der Waals surface area contributed by atoms with Gasteiger partial charge in [0.1, 0.15) is 17.8 Å². The molecule has 1 aliphatic carbocycles. The van der Waals surface area contributed by atoms with Crippen molar-refractivity contribution in [2.24, 2.45) is 0 Å². The second-order valence-electron chi connectivity index (χ2n) is 6.87. The molecule has 1 saturated heterocycles. The summed E-state index contributed by atoms with van der Waals surface area (Å²) in [4.78, 5) is 17.2. The molecule has 2 fully saturated rings. The van der Waals surface area contributed by atoms with E-state index in [-0.39, 0.29) is 17.5 Å². The molecule has 4 rings (SSSR count). The highest BCUT2D eigenvalue weighted by Gasteiger charge is 2.43. The van der Waals surface area contributed by atoms with Crippen LogP contribution in [0.5, 0.6) is 0 Å². The van der Waals surface area contributed by atoms with E-state index in [1.165, 1.54) is 6.07 Å². The Kier molecular flexibility index (Phi) is 4.41. The first kappa shape index (κ1) is 18.0. The summed E-state index contributed by atoms with van der Waals surface area (Å²) in [6.45, 7) is -0.613. The van der Waals surface area contributed by atoms with E-state index >= 15 is 0 Å². The molecule has 3 heterocycles. The Morgan fingerprint density at radius 2 is 2.07 bits per heavy atom. The smallest absolute Gasteiger partial charge is 0.381 e. The molecule has 0 unspecified atom stereocenters. The highest BCUT2D eigenvalue weighted by molar-refractivity contribution is 5.93. The first-order valence-electron chi connectivity index (χ1n) is 8.69. The van der Waals surface area contributed by atoms with Gasteiger partial charge in [-0.25, -0.2) is 0 Å². The SMILES string of the molecule is O=C(NC1(c2nc(C3CC3)no2)CCOCC1)c1ccnn1CC(F)(F)F. The highest BCUT2D eigenvalue weighted by atomic mass is 19.4. The van der Waals surface area contributed by atoms with Gasteiger partial charge in [-0.05, 0) is 18.9 Å². The van der Waals surface area contributed by atoms with Crippen molar-refractivity contribution in [3.05, 3.63) is 29.7 Å². The Morgan fingerprint density at radius 1 is 1.33 bits per heavy atom. The molecule has 27 heavy (non-hydrogen) atoms. The highest BCUT2D eigenvalue weighted by Crippen LogP contribution is 2.40. The van der Waals surface area contributed by atoms with E-state index in [0.717, 1.165) is 19.0 Å². The number of carbonyl (C=O) groups excluding carboxylic acids is 1. The van der Waals surface area contributed by atoms with Crippen molar-refractivity contribution in [1.82, 2.24) is 25.2 Å². The van der Waals surface area contributed by atoms with Crippen LogP contribution < -0.4 is 5.32 Å². The van der Waals surface area contributed by atoms with Crippen LogP contribution in [-0.2, 0) is 16.8 Å². The average molecular weight is 385 g/mol. The first-order chi connectivity index (χ1) is 12.9. The van der Waals surface area contributed by atoms with Gasteiger partial charge in [0.15, 0.2) is 5.82 Å². The zero-order valence-corrected chi connectivity index (χ0v) is 14.3. The number of aromatic nitrogens is 4. The zero-order valence-electron chi connectivity index (χ0n) is 14.3. The summed E-state index contributed by atoms with van der Waals surface area (Å²) in [7, 11) is 0. The minimum absolute atomic E-state index is 0.180. The van der Waals surface area contributed by atoms with Crippen LogP contribution in [0.4, 0.5) is 13.2 Å². The van der Waals surface area contributed by atoms with Crippen molar-refractivity contribution in [3.63, 3.8) is 0 Å². The van der Waals surface area contributed by atoms with Crippen LogP contribution in [0, 0.1) is 0 Å². The summed E-state index contributed by atoms with van der Waals surface area (Å²) in [5.74, 6) is 0.475. The van der Waals surface area contributed by atoms with Gasteiger partial charge in [-0.2, -0.15) is 23.3 Å². The van der Waals surface area contributed by atoms with Gasteiger partial charge in [-0.15, -0.1) is 0 Å². The maximum Gasteiger partial charge on any atom is 0.408 e. The largest absolute Gasteiger partial charge is 0.408 e. The molecular formula is C16H18F3N5O3. The van der Waals surface area contributed by atoms with Crippen LogP contribution in [0.15, 0.2) is 16.8 Å². The monoisotopic (exact) mass is 385 g/mol. The van der Waals surface area contributed by atoms with E-state index in [1.807, 2.05) is 0 Å². The van der Waals surface area contributed by atoms with Gasteiger partial charge in [0.05, 0.1) is 0 Å². The summed E-state index contributed by atoms with van der Waals surface area (Å²) in [6, 6.07) is 1.25. The molecule has 0 bridgehead atoms. The van der Waals surface area contributed by atoms with Crippen LogP contribution in [-0.4, -0.2) is 45.2 Å². The van der Waals surface area contributed by atoms with E-state index in [0.29, 0.717) is 36.6 Å². The summed E-state index contributed by atoms with van der Waals surface area (Å²) in [5, 5.41) is 10.4. The Morgan fingerprint density at radius 3 is 2.74 bits per heavy atom. The van der Waals surface area contributed by atoms with Crippen molar-refractivity contribution >= 4 is 5.91 Å². The molecule has 2 aliphatic rings. The van der Waals surface area contributed by atoms with Crippen molar-refractivity contribution < 1.29 is 27.2 Å². The quantitative estimate of drug-likeness (QED) is 0.847. The standard InChI is InChI=1S/C16H18F3N5O3/c17-16(18,19)9-24-11(3-6-20-24)13(25)22-15(4-7-26-8-5-15)14-21-12(23-27-14)10-1-2-10/h3,6,10H,1-2,4-5,7-9H2,(H,22,25). The van der Waals surface area contributed by atoms with E-state index in [1.54, 1.807) is 0 Å². The molecule has 146 valence electrons. The minimum atomic E-state index is -4.48. The summed E-state index contributed by atoms with van der Waals surface area (Å²) < 4.78 is 49.5. The van der Waals surface area contributed by atoms with Gasteiger partial charge in [0, 0.05) is 38.2 Å².